The Morgan fingerprint density at radius 3 is 2.83 bits per heavy atom. The van der Waals surface area contributed by atoms with E-state index in [1.807, 2.05) is 41.8 Å². The summed E-state index contributed by atoms with van der Waals surface area (Å²) >= 11 is 0. The summed E-state index contributed by atoms with van der Waals surface area (Å²) in [4.78, 5) is 29.9. The zero-order valence-corrected chi connectivity index (χ0v) is 16.7. The minimum atomic E-state index is -0.274. The Hall–Kier alpha value is -3.46. The van der Waals surface area contributed by atoms with Crippen LogP contribution in [0.1, 0.15) is 57.3 Å². The van der Waals surface area contributed by atoms with Gasteiger partial charge >= 0.3 is 0 Å². The van der Waals surface area contributed by atoms with Crippen LogP contribution in [-0.2, 0) is 24.4 Å². The number of benzene rings is 1. The van der Waals surface area contributed by atoms with Crippen LogP contribution in [0.25, 0.3) is 0 Å². The molecule has 1 atom stereocenters. The predicted molar refractivity (Wildman–Crippen MR) is 109 cm³/mol. The lowest BCUT2D eigenvalue weighted by Gasteiger charge is -2.20. The van der Waals surface area contributed by atoms with Gasteiger partial charge in [-0.2, -0.15) is 5.10 Å². The van der Waals surface area contributed by atoms with Gasteiger partial charge in [-0.15, -0.1) is 0 Å². The number of hydrogen-bond donors (Lipinski definition) is 3. The summed E-state index contributed by atoms with van der Waals surface area (Å²) in [7, 11) is 0. The van der Waals surface area contributed by atoms with E-state index >= 15 is 0 Å². The third kappa shape index (κ3) is 4.11. The standard InChI is InChI=1S/C21H24N6O3/c1-2-16(14-6-4-3-5-7-14)25-20(28)15-10-17(27-8-9-30-12-18(15)27)21(29)22-11-19-23-13-24-26-19/h3-7,10,13,16H,2,8-9,11-12H2,1H3,(H,22,29)(H,25,28)(H,23,24,26). The number of ether oxygens (including phenoxy) is 1. The molecule has 30 heavy (non-hydrogen) atoms. The molecule has 4 rings (SSSR count). The zero-order valence-electron chi connectivity index (χ0n) is 16.7. The first-order valence-electron chi connectivity index (χ1n) is 9.95. The van der Waals surface area contributed by atoms with Gasteiger partial charge in [0, 0.05) is 6.54 Å². The average Bonchev–Trinajstić information content (AvgIpc) is 3.44. The Kier molecular flexibility index (Phi) is 5.89. The fourth-order valence-corrected chi connectivity index (χ4v) is 3.62. The summed E-state index contributed by atoms with van der Waals surface area (Å²) in [6, 6.07) is 11.4. The van der Waals surface area contributed by atoms with Crippen LogP contribution in [0.2, 0.25) is 0 Å². The molecule has 156 valence electrons. The molecule has 1 aliphatic rings. The molecule has 0 bridgehead atoms. The number of nitrogens with zero attached hydrogens (tertiary/aromatic N) is 3. The predicted octanol–water partition coefficient (Wildman–Crippen LogP) is 1.95. The maximum absolute atomic E-state index is 13.1. The van der Waals surface area contributed by atoms with Gasteiger partial charge < -0.3 is 19.9 Å². The van der Waals surface area contributed by atoms with Crippen molar-refractivity contribution in [2.24, 2.45) is 0 Å². The molecule has 0 spiro atoms. The molecule has 3 aromatic rings. The average molecular weight is 408 g/mol. The summed E-state index contributed by atoms with van der Waals surface area (Å²) in [6.45, 7) is 3.55. The van der Waals surface area contributed by atoms with Gasteiger partial charge in [0.25, 0.3) is 11.8 Å². The highest BCUT2D eigenvalue weighted by atomic mass is 16.5. The number of aromatic amines is 1. The highest BCUT2D eigenvalue weighted by Gasteiger charge is 2.27. The molecular formula is C21H24N6O3. The van der Waals surface area contributed by atoms with E-state index in [2.05, 4.69) is 25.8 Å². The van der Waals surface area contributed by atoms with Gasteiger partial charge in [-0.25, -0.2) is 4.98 Å². The first kappa shape index (κ1) is 19.8. The smallest absolute Gasteiger partial charge is 0.268 e. The number of carbonyl (C=O) groups is 2. The van der Waals surface area contributed by atoms with Crippen LogP contribution in [0.3, 0.4) is 0 Å². The topological polar surface area (TPSA) is 114 Å². The van der Waals surface area contributed by atoms with E-state index in [4.69, 9.17) is 4.74 Å². The van der Waals surface area contributed by atoms with Crippen molar-refractivity contribution in [1.82, 2.24) is 30.4 Å². The normalized spacial score (nSPS) is 14.0. The number of rotatable bonds is 7. The van der Waals surface area contributed by atoms with Crippen molar-refractivity contribution in [2.75, 3.05) is 6.61 Å². The van der Waals surface area contributed by atoms with Gasteiger partial charge in [0.2, 0.25) is 0 Å². The van der Waals surface area contributed by atoms with Gasteiger partial charge in [-0.1, -0.05) is 37.3 Å². The number of amides is 2. The van der Waals surface area contributed by atoms with Crippen molar-refractivity contribution in [2.45, 2.75) is 39.1 Å². The van der Waals surface area contributed by atoms with Gasteiger partial charge in [0.1, 0.15) is 17.8 Å². The largest absolute Gasteiger partial charge is 0.373 e. The van der Waals surface area contributed by atoms with Gasteiger partial charge in [-0.05, 0) is 18.1 Å². The molecular weight excluding hydrogens is 384 g/mol. The van der Waals surface area contributed by atoms with Crippen molar-refractivity contribution in [3.63, 3.8) is 0 Å². The third-order valence-corrected chi connectivity index (χ3v) is 5.18. The van der Waals surface area contributed by atoms with E-state index < -0.39 is 0 Å². The second-order valence-electron chi connectivity index (χ2n) is 7.05. The molecule has 3 N–H and O–H groups in total. The molecule has 9 nitrogen and oxygen atoms in total. The summed E-state index contributed by atoms with van der Waals surface area (Å²) in [6.07, 6.45) is 2.14. The van der Waals surface area contributed by atoms with E-state index in [1.54, 1.807) is 6.07 Å². The lowest BCUT2D eigenvalue weighted by molar-refractivity contribution is 0.0776. The Labute approximate surface area is 173 Å². The molecule has 2 aromatic heterocycles. The summed E-state index contributed by atoms with van der Waals surface area (Å²) in [5.74, 6) is 0.0710. The number of carbonyl (C=O) groups excluding carboxylic acids is 2. The lowest BCUT2D eigenvalue weighted by atomic mass is 10.0. The van der Waals surface area contributed by atoms with Gasteiger partial charge in [0.15, 0.2) is 0 Å². The molecule has 1 aliphatic heterocycles. The number of hydrogen-bond acceptors (Lipinski definition) is 5. The maximum Gasteiger partial charge on any atom is 0.268 e. The maximum atomic E-state index is 13.1. The molecule has 0 radical (unpaired) electrons. The van der Waals surface area contributed by atoms with Crippen molar-refractivity contribution in [3.8, 4) is 0 Å². The van der Waals surface area contributed by atoms with Crippen LogP contribution in [-0.4, -0.2) is 38.2 Å². The van der Waals surface area contributed by atoms with Crippen LogP contribution in [0.5, 0.6) is 0 Å². The van der Waals surface area contributed by atoms with Crippen LogP contribution < -0.4 is 10.6 Å². The minimum Gasteiger partial charge on any atom is -0.373 e. The number of fused-ring (bicyclic) bond motifs is 1. The first-order valence-corrected chi connectivity index (χ1v) is 9.95. The van der Waals surface area contributed by atoms with E-state index in [9.17, 15) is 9.59 Å². The van der Waals surface area contributed by atoms with E-state index in [1.165, 1.54) is 6.33 Å². The highest BCUT2D eigenvalue weighted by Crippen LogP contribution is 2.23. The molecule has 0 aliphatic carbocycles. The van der Waals surface area contributed by atoms with E-state index in [0.717, 1.165) is 12.0 Å². The van der Waals surface area contributed by atoms with Crippen LogP contribution >= 0.6 is 0 Å². The second-order valence-corrected chi connectivity index (χ2v) is 7.05. The molecule has 1 aromatic carbocycles. The second kappa shape index (κ2) is 8.91. The zero-order chi connectivity index (χ0) is 20.9. The fourth-order valence-electron chi connectivity index (χ4n) is 3.62. The highest BCUT2D eigenvalue weighted by molar-refractivity contribution is 6.00. The van der Waals surface area contributed by atoms with E-state index in [-0.39, 0.29) is 24.4 Å². The molecule has 0 fully saturated rings. The molecule has 0 saturated heterocycles. The number of aromatic nitrogens is 4. The summed E-state index contributed by atoms with van der Waals surface area (Å²) < 4.78 is 7.42. The lowest BCUT2D eigenvalue weighted by Crippen LogP contribution is -2.30. The monoisotopic (exact) mass is 408 g/mol. The fraction of sp³-hybridized carbons (Fsp3) is 0.333. The Morgan fingerprint density at radius 1 is 1.27 bits per heavy atom. The van der Waals surface area contributed by atoms with E-state index in [0.29, 0.717) is 42.5 Å². The first-order chi connectivity index (χ1) is 14.7. The molecule has 1 unspecified atom stereocenters. The number of nitrogens with one attached hydrogen (secondary N) is 3. The van der Waals surface area contributed by atoms with Crippen molar-refractivity contribution in [3.05, 3.63) is 71.1 Å². The molecule has 9 heteroatoms. The molecule has 0 saturated carbocycles. The summed E-state index contributed by atoms with van der Waals surface area (Å²) in [5, 5.41) is 12.4. The van der Waals surface area contributed by atoms with Crippen LogP contribution in [0.15, 0.2) is 42.7 Å². The van der Waals surface area contributed by atoms with Crippen LogP contribution in [0, 0.1) is 0 Å². The van der Waals surface area contributed by atoms with Gasteiger partial charge in [0.05, 0.1) is 37.1 Å². The minimum absolute atomic E-state index is 0.109. The Morgan fingerprint density at radius 2 is 2.10 bits per heavy atom. The van der Waals surface area contributed by atoms with Crippen molar-refractivity contribution < 1.29 is 14.3 Å². The third-order valence-electron chi connectivity index (χ3n) is 5.18. The van der Waals surface area contributed by atoms with Gasteiger partial charge in [-0.3, -0.25) is 14.7 Å². The molecule has 2 amide bonds. The van der Waals surface area contributed by atoms with Crippen molar-refractivity contribution >= 4 is 11.8 Å². The Bertz CT molecular complexity index is 1010. The number of H-pyrrole nitrogens is 1. The quantitative estimate of drug-likeness (QED) is 0.553. The van der Waals surface area contributed by atoms with Crippen LogP contribution in [0.4, 0.5) is 0 Å². The SMILES string of the molecule is CCC(NC(=O)c1cc(C(=O)NCc2ncn[nH]2)n2c1COCC2)c1ccccc1. The van der Waals surface area contributed by atoms with Crippen molar-refractivity contribution in [1.29, 1.82) is 0 Å². The molecule has 3 heterocycles. The Balaban J connectivity index is 1.55. The summed E-state index contributed by atoms with van der Waals surface area (Å²) in [5.41, 5.74) is 2.66.